The molecular formula is C12H13ClN2O2S. The Hall–Kier alpha value is -1.04. The summed E-state index contributed by atoms with van der Waals surface area (Å²) in [5, 5.41) is 0.0630. The van der Waals surface area contributed by atoms with Gasteiger partial charge in [0.15, 0.2) is 0 Å². The van der Waals surface area contributed by atoms with Crippen molar-refractivity contribution in [1.82, 2.24) is 4.90 Å². The van der Waals surface area contributed by atoms with E-state index in [1.807, 2.05) is 18.2 Å². The Morgan fingerprint density at radius 2 is 2.17 bits per heavy atom. The van der Waals surface area contributed by atoms with Gasteiger partial charge in [-0.05, 0) is 24.1 Å². The molecule has 0 aromatic heterocycles. The number of thioether (sulfide) groups is 1. The largest absolute Gasteiger partial charge is 0.329 e. The summed E-state index contributed by atoms with van der Waals surface area (Å²) in [6.07, 6.45) is 0.511. The van der Waals surface area contributed by atoms with E-state index in [1.165, 1.54) is 4.90 Å². The molecule has 2 N–H and O–H groups in total. The molecule has 0 spiro atoms. The summed E-state index contributed by atoms with van der Waals surface area (Å²) in [7, 11) is 0. The van der Waals surface area contributed by atoms with Crippen LogP contribution in [0.2, 0.25) is 5.02 Å². The lowest BCUT2D eigenvalue weighted by atomic mass is 10.1. The molecule has 96 valence electrons. The molecule has 6 heteroatoms. The first kappa shape index (κ1) is 13.4. The van der Waals surface area contributed by atoms with Crippen molar-refractivity contribution < 1.29 is 9.59 Å². The van der Waals surface area contributed by atoms with Gasteiger partial charge < -0.3 is 5.73 Å². The van der Waals surface area contributed by atoms with Crippen LogP contribution in [0.15, 0.2) is 24.3 Å². The van der Waals surface area contributed by atoms with E-state index in [1.54, 1.807) is 6.07 Å². The number of amides is 2. The van der Waals surface area contributed by atoms with Gasteiger partial charge in [-0.25, -0.2) is 0 Å². The minimum absolute atomic E-state index is 0.157. The Morgan fingerprint density at radius 1 is 1.39 bits per heavy atom. The third-order valence-electron chi connectivity index (χ3n) is 2.67. The Bertz CT molecular complexity index is 481. The molecule has 18 heavy (non-hydrogen) atoms. The Kier molecular flexibility index (Phi) is 4.27. The van der Waals surface area contributed by atoms with E-state index in [9.17, 15) is 9.59 Å². The molecule has 1 fully saturated rings. The number of benzene rings is 1. The summed E-state index contributed by atoms with van der Waals surface area (Å²) < 4.78 is 0. The number of hydrogen-bond donors (Lipinski definition) is 1. The number of nitrogens with two attached hydrogens (primary N) is 1. The van der Waals surface area contributed by atoms with Crippen molar-refractivity contribution in [3.8, 4) is 0 Å². The maximum atomic E-state index is 12.0. The fourth-order valence-electron chi connectivity index (χ4n) is 1.84. The van der Waals surface area contributed by atoms with Crippen LogP contribution in [0.5, 0.6) is 0 Å². The zero-order valence-corrected chi connectivity index (χ0v) is 11.2. The Labute approximate surface area is 114 Å². The van der Waals surface area contributed by atoms with Gasteiger partial charge in [0.05, 0.1) is 5.25 Å². The first-order chi connectivity index (χ1) is 8.61. The quantitative estimate of drug-likeness (QED) is 0.917. The maximum Gasteiger partial charge on any atom is 0.289 e. The Morgan fingerprint density at radius 3 is 2.83 bits per heavy atom. The molecule has 2 amide bonds. The first-order valence-electron chi connectivity index (χ1n) is 5.58. The van der Waals surface area contributed by atoms with Crippen molar-refractivity contribution in [3.63, 3.8) is 0 Å². The molecule has 1 atom stereocenters. The zero-order chi connectivity index (χ0) is 13.1. The molecule has 0 radical (unpaired) electrons. The van der Waals surface area contributed by atoms with Crippen LogP contribution in [0.4, 0.5) is 4.79 Å². The lowest BCUT2D eigenvalue weighted by molar-refractivity contribution is -0.126. The summed E-state index contributed by atoms with van der Waals surface area (Å²) in [4.78, 5) is 24.8. The van der Waals surface area contributed by atoms with E-state index in [4.69, 9.17) is 17.3 Å². The Balaban J connectivity index is 2.07. The highest BCUT2D eigenvalue weighted by molar-refractivity contribution is 8.15. The summed E-state index contributed by atoms with van der Waals surface area (Å²) in [6, 6.07) is 7.32. The van der Waals surface area contributed by atoms with Gasteiger partial charge in [0, 0.05) is 18.1 Å². The van der Waals surface area contributed by atoms with Gasteiger partial charge in [-0.15, -0.1) is 0 Å². The normalized spacial score (nSPS) is 19.7. The van der Waals surface area contributed by atoms with E-state index in [0.717, 1.165) is 17.3 Å². The lowest BCUT2D eigenvalue weighted by Gasteiger charge is -2.12. The lowest BCUT2D eigenvalue weighted by Crippen LogP contribution is -2.36. The number of carbonyl (C=O) groups excluding carboxylic acids is 2. The van der Waals surface area contributed by atoms with Gasteiger partial charge in [0.1, 0.15) is 0 Å². The van der Waals surface area contributed by atoms with Gasteiger partial charge >= 0.3 is 0 Å². The van der Waals surface area contributed by atoms with Crippen LogP contribution in [-0.2, 0) is 11.2 Å². The van der Waals surface area contributed by atoms with E-state index < -0.39 is 0 Å². The smallest absolute Gasteiger partial charge is 0.289 e. The van der Waals surface area contributed by atoms with Crippen molar-refractivity contribution in [2.75, 3.05) is 13.1 Å². The van der Waals surface area contributed by atoms with Crippen molar-refractivity contribution in [3.05, 3.63) is 34.9 Å². The minimum atomic E-state index is -0.359. The SMILES string of the molecule is NCCN1C(=O)S[C@H](Cc2cccc(Cl)c2)C1=O. The highest BCUT2D eigenvalue weighted by atomic mass is 35.5. The second-order valence-corrected chi connectivity index (χ2v) is 5.58. The molecule has 0 bridgehead atoms. The van der Waals surface area contributed by atoms with Crippen molar-refractivity contribution in [1.29, 1.82) is 0 Å². The van der Waals surface area contributed by atoms with Crippen molar-refractivity contribution in [2.24, 2.45) is 5.73 Å². The monoisotopic (exact) mass is 284 g/mol. The van der Waals surface area contributed by atoms with E-state index in [2.05, 4.69) is 0 Å². The standard InChI is InChI=1S/C12H13ClN2O2S/c13-9-3-1-2-8(6-9)7-10-11(16)15(5-4-14)12(17)18-10/h1-3,6,10H,4-5,7,14H2/t10-/m1/s1. The van der Waals surface area contributed by atoms with Gasteiger partial charge in [0.25, 0.3) is 5.24 Å². The highest BCUT2D eigenvalue weighted by Gasteiger charge is 2.38. The molecule has 1 aromatic rings. The van der Waals surface area contributed by atoms with Crippen molar-refractivity contribution >= 4 is 34.5 Å². The third-order valence-corrected chi connectivity index (χ3v) is 3.98. The third kappa shape index (κ3) is 2.85. The predicted molar refractivity (Wildman–Crippen MR) is 72.7 cm³/mol. The number of imide groups is 1. The summed E-state index contributed by atoms with van der Waals surface area (Å²) in [5.74, 6) is -0.157. The molecule has 2 rings (SSSR count). The van der Waals surface area contributed by atoms with Gasteiger partial charge in [-0.1, -0.05) is 35.5 Å². The van der Waals surface area contributed by atoms with E-state index >= 15 is 0 Å². The maximum absolute atomic E-state index is 12.0. The first-order valence-corrected chi connectivity index (χ1v) is 6.84. The fraction of sp³-hybridized carbons (Fsp3) is 0.333. The van der Waals surface area contributed by atoms with Gasteiger partial charge in [-0.3, -0.25) is 14.5 Å². The number of nitrogens with zero attached hydrogens (tertiary/aromatic N) is 1. The van der Waals surface area contributed by atoms with Gasteiger partial charge in [-0.2, -0.15) is 0 Å². The predicted octanol–water partition coefficient (Wildman–Crippen LogP) is 1.91. The number of hydrogen-bond acceptors (Lipinski definition) is 4. The molecule has 1 aromatic carbocycles. The average Bonchev–Trinajstić information content (AvgIpc) is 2.57. The second-order valence-electron chi connectivity index (χ2n) is 3.98. The summed E-state index contributed by atoms with van der Waals surface area (Å²) in [5.41, 5.74) is 6.33. The van der Waals surface area contributed by atoms with Crippen LogP contribution < -0.4 is 5.73 Å². The second kappa shape index (κ2) is 5.73. The number of halogens is 1. The van der Waals surface area contributed by atoms with Crippen LogP contribution in [0.1, 0.15) is 5.56 Å². The van der Waals surface area contributed by atoms with Crippen LogP contribution in [0.25, 0.3) is 0 Å². The van der Waals surface area contributed by atoms with Crippen LogP contribution in [-0.4, -0.2) is 34.4 Å². The molecule has 0 aliphatic carbocycles. The topological polar surface area (TPSA) is 63.4 Å². The molecular weight excluding hydrogens is 272 g/mol. The minimum Gasteiger partial charge on any atom is -0.329 e. The highest BCUT2D eigenvalue weighted by Crippen LogP contribution is 2.29. The van der Waals surface area contributed by atoms with Crippen LogP contribution >= 0.6 is 23.4 Å². The number of rotatable bonds is 4. The molecule has 0 unspecified atom stereocenters. The van der Waals surface area contributed by atoms with E-state index in [-0.39, 0.29) is 22.9 Å². The fourth-order valence-corrected chi connectivity index (χ4v) is 3.11. The van der Waals surface area contributed by atoms with Crippen molar-refractivity contribution in [2.45, 2.75) is 11.7 Å². The summed E-state index contributed by atoms with van der Waals surface area (Å²) >= 11 is 6.95. The molecule has 1 saturated heterocycles. The molecule has 1 aliphatic heterocycles. The molecule has 1 aliphatic rings. The average molecular weight is 285 g/mol. The number of carbonyl (C=O) groups is 2. The molecule has 4 nitrogen and oxygen atoms in total. The molecule has 0 saturated carbocycles. The summed E-state index contributed by atoms with van der Waals surface area (Å²) in [6.45, 7) is 0.582. The van der Waals surface area contributed by atoms with Crippen LogP contribution in [0.3, 0.4) is 0 Å². The molecule has 1 heterocycles. The zero-order valence-electron chi connectivity index (χ0n) is 9.64. The van der Waals surface area contributed by atoms with Crippen LogP contribution in [0, 0.1) is 0 Å². The van der Waals surface area contributed by atoms with Gasteiger partial charge in [0.2, 0.25) is 5.91 Å². The van der Waals surface area contributed by atoms with E-state index in [0.29, 0.717) is 18.0 Å².